The second kappa shape index (κ2) is 8.00. The summed E-state index contributed by atoms with van der Waals surface area (Å²) in [7, 11) is 0. The molecule has 5 heterocycles. The lowest BCUT2D eigenvalue weighted by molar-refractivity contribution is 0.402. The van der Waals surface area contributed by atoms with E-state index in [1.54, 1.807) is 17.0 Å². The lowest BCUT2D eigenvalue weighted by Gasteiger charge is -2.26. The van der Waals surface area contributed by atoms with E-state index in [9.17, 15) is 0 Å². The minimum Gasteiger partial charge on any atom is -0.420 e. The number of para-hydroxylation sites is 1. The largest absolute Gasteiger partial charge is 0.420 e. The topological polar surface area (TPSA) is 83.0 Å². The first-order valence-corrected chi connectivity index (χ1v) is 11.8. The summed E-state index contributed by atoms with van der Waals surface area (Å²) in [5, 5.41) is 10.2. The van der Waals surface area contributed by atoms with E-state index in [1.165, 1.54) is 0 Å². The Labute approximate surface area is 210 Å². The number of halogens is 1. The third-order valence-corrected chi connectivity index (χ3v) is 6.59. The van der Waals surface area contributed by atoms with Crippen LogP contribution in [0.4, 0.5) is 0 Å². The van der Waals surface area contributed by atoms with Crippen LogP contribution in [0, 0.1) is 6.92 Å². The third-order valence-electron chi connectivity index (χ3n) is 6.34. The molecule has 0 amide bonds. The molecule has 8 nitrogen and oxygen atoms in total. The van der Waals surface area contributed by atoms with Gasteiger partial charge in [0.15, 0.2) is 11.5 Å². The number of hydrogen-bond acceptors (Lipinski definition) is 6. The van der Waals surface area contributed by atoms with Crippen molar-refractivity contribution in [2.45, 2.75) is 12.8 Å². The zero-order valence-corrected chi connectivity index (χ0v) is 19.8. The van der Waals surface area contributed by atoms with Crippen LogP contribution in [0.15, 0.2) is 85.5 Å². The van der Waals surface area contributed by atoms with Gasteiger partial charge in [0.1, 0.15) is 6.33 Å². The highest BCUT2D eigenvalue weighted by molar-refractivity contribution is 6.30. The number of aromatic nitrogens is 7. The monoisotopic (exact) mass is 491 g/mol. The molecule has 9 heteroatoms. The number of fused-ring (bicyclic) bond motifs is 4. The fourth-order valence-corrected chi connectivity index (χ4v) is 4.85. The Morgan fingerprint density at radius 1 is 0.917 bits per heavy atom. The molecule has 2 aromatic carbocycles. The van der Waals surface area contributed by atoms with Crippen LogP contribution in [0.2, 0.25) is 5.02 Å². The molecule has 174 valence electrons. The van der Waals surface area contributed by atoms with Crippen molar-refractivity contribution in [2.24, 2.45) is 0 Å². The summed E-state index contributed by atoms with van der Waals surface area (Å²) in [6, 6.07) is 21.4. The molecule has 0 bridgehead atoms. The van der Waals surface area contributed by atoms with E-state index in [0.29, 0.717) is 28.3 Å². The number of nitrogens with zero attached hydrogens (tertiary/aromatic N) is 7. The van der Waals surface area contributed by atoms with Crippen molar-refractivity contribution in [3.05, 3.63) is 113 Å². The number of aryl methyl sites for hydroxylation is 1. The summed E-state index contributed by atoms with van der Waals surface area (Å²) in [5.74, 6) is 1.44. The Morgan fingerprint density at radius 3 is 2.53 bits per heavy atom. The van der Waals surface area contributed by atoms with Crippen LogP contribution in [0.1, 0.15) is 28.3 Å². The van der Waals surface area contributed by atoms with Crippen molar-refractivity contribution < 1.29 is 4.74 Å². The Morgan fingerprint density at radius 2 is 1.75 bits per heavy atom. The zero-order valence-electron chi connectivity index (χ0n) is 19.1. The van der Waals surface area contributed by atoms with E-state index in [0.717, 1.165) is 33.6 Å². The van der Waals surface area contributed by atoms with Gasteiger partial charge in [-0.1, -0.05) is 35.9 Å². The predicted octanol–water partition coefficient (Wildman–Crippen LogP) is 5.62. The molecule has 0 saturated heterocycles. The molecular weight excluding hydrogens is 474 g/mol. The van der Waals surface area contributed by atoms with Gasteiger partial charge in [-0.25, -0.2) is 19.2 Å². The van der Waals surface area contributed by atoms with E-state index in [1.807, 2.05) is 78.5 Å². The van der Waals surface area contributed by atoms with Crippen molar-refractivity contribution in [2.75, 3.05) is 0 Å². The maximum absolute atomic E-state index is 6.44. The van der Waals surface area contributed by atoms with Gasteiger partial charge >= 0.3 is 0 Å². The SMILES string of the molecule is Cc1nn(-c2ccccc2)c2c1C(c1cccnc1)c1c(ncn3nc(-c4ccc(Cl)cc4)nc13)O2. The van der Waals surface area contributed by atoms with Gasteiger partial charge in [-0.2, -0.15) is 5.10 Å². The number of rotatable bonds is 3. The van der Waals surface area contributed by atoms with E-state index < -0.39 is 0 Å². The van der Waals surface area contributed by atoms with Crippen LogP contribution in [0.25, 0.3) is 22.7 Å². The lowest BCUT2D eigenvalue weighted by atomic mass is 9.85. The summed E-state index contributed by atoms with van der Waals surface area (Å²) in [6.45, 7) is 1.99. The first kappa shape index (κ1) is 20.8. The van der Waals surface area contributed by atoms with E-state index in [2.05, 4.69) is 21.1 Å². The van der Waals surface area contributed by atoms with Gasteiger partial charge in [0.2, 0.25) is 11.8 Å². The van der Waals surface area contributed by atoms with E-state index >= 15 is 0 Å². The predicted molar refractivity (Wildman–Crippen MR) is 135 cm³/mol. The van der Waals surface area contributed by atoms with Crippen LogP contribution in [-0.4, -0.2) is 34.3 Å². The van der Waals surface area contributed by atoms with Crippen LogP contribution < -0.4 is 4.74 Å². The molecule has 0 aliphatic carbocycles. The first-order valence-electron chi connectivity index (χ1n) is 11.4. The average molecular weight is 492 g/mol. The molecule has 1 aliphatic rings. The molecule has 0 spiro atoms. The Bertz CT molecular complexity index is 1730. The number of ether oxygens (including phenoxy) is 1. The molecule has 7 rings (SSSR count). The zero-order chi connectivity index (χ0) is 24.2. The molecule has 0 fully saturated rings. The first-order chi connectivity index (χ1) is 17.7. The van der Waals surface area contributed by atoms with E-state index in [-0.39, 0.29) is 5.92 Å². The molecule has 0 saturated carbocycles. The lowest BCUT2D eigenvalue weighted by Crippen LogP contribution is -2.16. The van der Waals surface area contributed by atoms with Crippen LogP contribution in [0.5, 0.6) is 11.8 Å². The average Bonchev–Trinajstić information content (AvgIpc) is 3.50. The van der Waals surface area contributed by atoms with Gasteiger partial charge < -0.3 is 4.74 Å². The Balaban J connectivity index is 1.48. The molecule has 0 radical (unpaired) electrons. The summed E-state index contributed by atoms with van der Waals surface area (Å²) in [4.78, 5) is 14.0. The van der Waals surface area contributed by atoms with Gasteiger partial charge in [-0.05, 0) is 55.0 Å². The fourth-order valence-electron chi connectivity index (χ4n) is 4.72. The van der Waals surface area contributed by atoms with Crippen LogP contribution in [0.3, 0.4) is 0 Å². The molecular formula is C27H18ClN7O. The molecule has 1 atom stereocenters. The van der Waals surface area contributed by atoms with Crippen molar-refractivity contribution >= 4 is 17.2 Å². The highest BCUT2D eigenvalue weighted by atomic mass is 35.5. The molecule has 0 N–H and O–H groups in total. The van der Waals surface area contributed by atoms with Crippen molar-refractivity contribution in [3.8, 4) is 28.8 Å². The minimum atomic E-state index is -0.242. The molecule has 6 aromatic rings. The second-order valence-corrected chi connectivity index (χ2v) is 8.98. The molecule has 1 aliphatic heterocycles. The normalized spacial score (nSPS) is 14.3. The van der Waals surface area contributed by atoms with Crippen LogP contribution >= 0.6 is 11.6 Å². The standard InChI is InChI=1S/C27H18ClN7O/c1-16-21-22(18-6-5-13-29-14-18)23-25-31-24(17-9-11-19(28)12-10-17)33-34(25)15-30-26(23)36-27(21)35(32-16)20-7-3-2-4-8-20/h2-15,22H,1H3. The quantitative estimate of drug-likeness (QED) is 0.319. The maximum atomic E-state index is 6.44. The van der Waals surface area contributed by atoms with Crippen molar-refractivity contribution in [1.29, 1.82) is 0 Å². The van der Waals surface area contributed by atoms with E-state index in [4.69, 9.17) is 26.4 Å². The summed E-state index contributed by atoms with van der Waals surface area (Å²) in [6.07, 6.45) is 5.25. The minimum absolute atomic E-state index is 0.242. The van der Waals surface area contributed by atoms with Gasteiger partial charge in [0, 0.05) is 23.0 Å². The van der Waals surface area contributed by atoms with Gasteiger partial charge in [0.25, 0.3) is 0 Å². The Hall–Kier alpha value is -4.56. The molecule has 1 unspecified atom stereocenters. The van der Waals surface area contributed by atoms with Gasteiger partial charge in [-0.3, -0.25) is 4.98 Å². The second-order valence-electron chi connectivity index (χ2n) is 8.55. The Kier molecular flexibility index (Phi) is 4.62. The number of benzene rings is 2. The summed E-state index contributed by atoms with van der Waals surface area (Å²) < 4.78 is 9.96. The van der Waals surface area contributed by atoms with Crippen molar-refractivity contribution in [3.63, 3.8) is 0 Å². The smallest absolute Gasteiger partial charge is 0.230 e. The van der Waals surface area contributed by atoms with Crippen LogP contribution in [-0.2, 0) is 0 Å². The molecule has 4 aromatic heterocycles. The molecule has 36 heavy (non-hydrogen) atoms. The maximum Gasteiger partial charge on any atom is 0.230 e. The highest BCUT2D eigenvalue weighted by Crippen LogP contribution is 2.49. The summed E-state index contributed by atoms with van der Waals surface area (Å²) in [5.41, 5.74) is 6.05. The fraction of sp³-hybridized carbons (Fsp3) is 0.0741. The van der Waals surface area contributed by atoms with Crippen molar-refractivity contribution in [1.82, 2.24) is 34.3 Å². The number of pyridine rings is 1. The highest BCUT2D eigenvalue weighted by Gasteiger charge is 2.38. The number of hydrogen-bond donors (Lipinski definition) is 0. The third kappa shape index (κ3) is 3.19. The van der Waals surface area contributed by atoms with Gasteiger partial charge in [-0.15, -0.1) is 5.10 Å². The van der Waals surface area contributed by atoms with Gasteiger partial charge in [0.05, 0.1) is 28.4 Å². The summed E-state index contributed by atoms with van der Waals surface area (Å²) >= 11 is 6.08.